The number of likely N-dealkylation sites (tertiary alicyclic amines) is 1. The summed E-state index contributed by atoms with van der Waals surface area (Å²) in [5, 5.41) is 3.14. The summed E-state index contributed by atoms with van der Waals surface area (Å²) in [7, 11) is 1.89. The summed E-state index contributed by atoms with van der Waals surface area (Å²) in [6.45, 7) is 5.08. The normalized spacial score (nSPS) is 18.7. The second-order valence-electron chi connectivity index (χ2n) is 8.94. The molecule has 2 unspecified atom stereocenters. The molecular formula is C25H28F3N5O. The molecule has 1 amide bonds. The molecule has 1 N–H and O–H groups in total. The lowest BCUT2D eigenvalue weighted by Crippen LogP contribution is -2.51. The topological polar surface area (TPSA) is 63.1 Å². The van der Waals surface area contributed by atoms with Crippen LogP contribution in [0.4, 0.5) is 19.0 Å². The molecule has 34 heavy (non-hydrogen) atoms. The molecule has 4 rings (SSSR count). The quantitative estimate of drug-likeness (QED) is 0.558. The van der Waals surface area contributed by atoms with Crippen molar-refractivity contribution in [2.45, 2.75) is 38.9 Å². The Morgan fingerprint density at radius 1 is 1.21 bits per heavy atom. The van der Waals surface area contributed by atoms with Crippen LogP contribution in [0.1, 0.15) is 41.3 Å². The van der Waals surface area contributed by atoms with Gasteiger partial charge < -0.3 is 14.8 Å². The summed E-state index contributed by atoms with van der Waals surface area (Å²) < 4.78 is 40.4. The van der Waals surface area contributed by atoms with E-state index < -0.39 is 11.7 Å². The van der Waals surface area contributed by atoms with Gasteiger partial charge in [0, 0.05) is 37.5 Å². The third-order valence-electron chi connectivity index (χ3n) is 6.46. The van der Waals surface area contributed by atoms with Crippen molar-refractivity contribution in [1.29, 1.82) is 0 Å². The van der Waals surface area contributed by atoms with Gasteiger partial charge in [-0.3, -0.25) is 4.79 Å². The fraction of sp³-hybridized carbons (Fsp3) is 0.400. The van der Waals surface area contributed by atoms with Gasteiger partial charge in [0.25, 0.3) is 5.91 Å². The van der Waals surface area contributed by atoms with Crippen LogP contribution in [-0.4, -0.2) is 44.5 Å². The zero-order chi connectivity index (χ0) is 24.5. The number of pyridine rings is 1. The molecule has 0 saturated carbocycles. The third kappa shape index (κ3) is 4.93. The van der Waals surface area contributed by atoms with Gasteiger partial charge in [0.2, 0.25) is 0 Å². The summed E-state index contributed by atoms with van der Waals surface area (Å²) in [4.78, 5) is 23.8. The Kier molecular flexibility index (Phi) is 6.63. The number of amides is 1. The van der Waals surface area contributed by atoms with Crippen molar-refractivity contribution in [1.82, 2.24) is 19.4 Å². The van der Waals surface area contributed by atoms with E-state index in [0.29, 0.717) is 24.5 Å². The van der Waals surface area contributed by atoms with Crippen LogP contribution < -0.4 is 5.32 Å². The molecule has 0 aliphatic carbocycles. The largest absolute Gasteiger partial charge is 0.417 e. The molecule has 1 aromatic carbocycles. The molecule has 3 heterocycles. The number of piperidine rings is 1. The van der Waals surface area contributed by atoms with E-state index in [0.717, 1.165) is 41.9 Å². The Balaban J connectivity index is 1.58. The average molecular weight is 472 g/mol. The average Bonchev–Trinajstić information content (AvgIpc) is 3.23. The van der Waals surface area contributed by atoms with E-state index in [1.807, 2.05) is 41.6 Å². The SMILES string of the molecule is Cc1ccc(-c2cncn2C)c(C(=O)N2CCCC(C)C2CNc2ccc(C(F)(F)F)cn2)c1. The molecule has 180 valence electrons. The number of hydrogen-bond acceptors (Lipinski definition) is 4. The molecule has 0 bridgehead atoms. The molecule has 2 aromatic heterocycles. The Labute approximate surface area is 196 Å². The lowest BCUT2D eigenvalue weighted by molar-refractivity contribution is -0.137. The highest BCUT2D eigenvalue weighted by atomic mass is 19.4. The smallest absolute Gasteiger partial charge is 0.368 e. The van der Waals surface area contributed by atoms with E-state index in [9.17, 15) is 18.0 Å². The first-order valence-corrected chi connectivity index (χ1v) is 11.3. The molecule has 0 spiro atoms. The summed E-state index contributed by atoms with van der Waals surface area (Å²) in [5.74, 6) is 0.521. The highest BCUT2D eigenvalue weighted by molar-refractivity contribution is 6.01. The monoisotopic (exact) mass is 471 g/mol. The minimum atomic E-state index is -4.42. The molecule has 2 atom stereocenters. The van der Waals surface area contributed by atoms with Crippen molar-refractivity contribution in [2.24, 2.45) is 13.0 Å². The second-order valence-corrected chi connectivity index (χ2v) is 8.94. The summed E-state index contributed by atoms with van der Waals surface area (Å²) in [6.07, 6.45) is 1.72. The van der Waals surface area contributed by atoms with Crippen molar-refractivity contribution in [3.63, 3.8) is 0 Å². The summed E-state index contributed by atoms with van der Waals surface area (Å²) in [5.41, 5.74) is 2.50. The van der Waals surface area contributed by atoms with Gasteiger partial charge in [-0.15, -0.1) is 0 Å². The maximum atomic E-state index is 13.8. The number of alkyl halides is 3. The minimum Gasteiger partial charge on any atom is -0.368 e. The number of nitrogens with one attached hydrogen (secondary N) is 1. The van der Waals surface area contributed by atoms with Gasteiger partial charge in [-0.25, -0.2) is 9.97 Å². The summed E-state index contributed by atoms with van der Waals surface area (Å²) >= 11 is 0. The first-order chi connectivity index (χ1) is 16.1. The first-order valence-electron chi connectivity index (χ1n) is 11.3. The van der Waals surface area contributed by atoms with Crippen molar-refractivity contribution in [2.75, 3.05) is 18.4 Å². The number of rotatable bonds is 5. The number of hydrogen-bond donors (Lipinski definition) is 1. The van der Waals surface area contributed by atoms with Crippen molar-refractivity contribution in [3.05, 3.63) is 65.7 Å². The Bertz CT molecular complexity index is 1160. The van der Waals surface area contributed by atoms with E-state index in [4.69, 9.17) is 0 Å². The third-order valence-corrected chi connectivity index (χ3v) is 6.46. The van der Waals surface area contributed by atoms with E-state index in [-0.39, 0.29) is 17.9 Å². The van der Waals surface area contributed by atoms with Gasteiger partial charge in [0.15, 0.2) is 0 Å². The van der Waals surface area contributed by atoms with Gasteiger partial charge in [0.05, 0.1) is 29.8 Å². The number of aryl methyl sites for hydroxylation is 2. The van der Waals surface area contributed by atoms with Crippen LogP contribution in [0.15, 0.2) is 49.1 Å². The predicted molar refractivity (Wildman–Crippen MR) is 124 cm³/mol. The molecule has 6 nitrogen and oxygen atoms in total. The van der Waals surface area contributed by atoms with Crippen molar-refractivity contribution in [3.8, 4) is 11.3 Å². The Morgan fingerprint density at radius 3 is 2.65 bits per heavy atom. The van der Waals surface area contributed by atoms with Crippen LogP contribution in [0.2, 0.25) is 0 Å². The van der Waals surface area contributed by atoms with Crippen LogP contribution in [0.5, 0.6) is 0 Å². The molecule has 1 aliphatic heterocycles. The van der Waals surface area contributed by atoms with Gasteiger partial charge in [0.1, 0.15) is 5.82 Å². The van der Waals surface area contributed by atoms with Gasteiger partial charge in [-0.05, 0) is 43.9 Å². The fourth-order valence-electron chi connectivity index (χ4n) is 4.52. The van der Waals surface area contributed by atoms with Crippen molar-refractivity contribution < 1.29 is 18.0 Å². The van der Waals surface area contributed by atoms with E-state index in [1.54, 1.807) is 12.5 Å². The number of anilines is 1. The molecule has 1 aliphatic rings. The van der Waals surface area contributed by atoms with Crippen molar-refractivity contribution >= 4 is 11.7 Å². The maximum Gasteiger partial charge on any atom is 0.417 e. The number of carbonyl (C=O) groups is 1. The lowest BCUT2D eigenvalue weighted by Gasteiger charge is -2.40. The van der Waals surface area contributed by atoms with Crippen LogP contribution in [0, 0.1) is 12.8 Å². The van der Waals surface area contributed by atoms with Crippen LogP contribution in [0.3, 0.4) is 0 Å². The standard InChI is InChI=1S/C25H28F3N5O/c1-16-6-8-19(22-13-29-15-32(22)3)20(11-16)24(34)33-10-4-5-17(2)21(33)14-31-23-9-7-18(12-30-23)25(26,27)28/h6-9,11-13,15,17,21H,4-5,10,14H2,1-3H3,(H,30,31). The predicted octanol–water partition coefficient (Wildman–Crippen LogP) is 5.16. The number of halogens is 3. The molecule has 9 heteroatoms. The maximum absolute atomic E-state index is 13.8. The zero-order valence-electron chi connectivity index (χ0n) is 19.4. The van der Waals surface area contributed by atoms with Gasteiger partial charge in [-0.2, -0.15) is 13.2 Å². The Hall–Kier alpha value is -3.36. The van der Waals surface area contributed by atoms with Crippen LogP contribution in [-0.2, 0) is 13.2 Å². The summed E-state index contributed by atoms with van der Waals surface area (Å²) in [6, 6.07) is 8.05. The molecule has 1 fully saturated rings. The molecule has 1 saturated heterocycles. The van der Waals surface area contributed by atoms with E-state index in [2.05, 4.69) is 22.2 Å². The number of benzene rings is 1. The van der Waals surface area contributed by atoms with Gasteiger partial charge >= 0.3 is 6.18 Å². The van der Waals surface area contributed by atoms with E-state index >= 15 is 0 Å². The highest BCUT2D eigenvalue weighted by Crippen LogP contribution is 2.31. The van der Waals surface area contributed by atoms with Crippen LogP contribution >= 0.6 is 0 Å². The number of carbonyl (C=O) groups excluding carboxylic acids is 1. The molecular weight excluding hydrogens is 443 g/mol. The first kappa shape index (κ1) is 23.8. The number of aromatic nitrogens is 3. The molecule has 3 aromatic rings. The number of imidazole rings is 1. The van der Waals surface area contributed by atoms with Crippen LogP contribution in [0.25, 0.3) is 11.3 Å². The lowest BCUT2D eigenvalue weighted by atomic mass is 9.89. The Morgan fingerprint density at radius 2 is 2.00 bits per heavy atom. The fourth-order valence-corrected chi connectivity index (χ4v) is 4.52. The minimum absolute atomic E-state index is 0.0568. The second kappa shape index (κ2) is 9.48. The molecule has 0 radical (unpaired) electrons. The van der Waals surface area contributed by atoms with E-state index in [1.165, 1.54) is 6.07 Å². The number of nitrogens with zero attached hydrogens (tertiary/aromatic N) is 4. The highest BCUT2D eigenvalue weighted by Gasteiger charge is 2.34. The van der Waals surface area contributed by atoms with Gasteiger partial charge in [-0.1, -0.05) is 24.6 Å². The zero-order valence-corrected chi connectivity index (χ0v) is 19.4.